The third-order valence-corrected chi connectivity index (χ3v) is 6.35. The van der Waals surface area contributed by atoms with E-state index in [0.29, 0.717) is 40.9 Å². The molecule has 0 spiro atoms. The predicted molar refractivity (Wildman–Crippen MR) is 130 cm³/mol. The molecule has 2 amide bonds. The van der Waals surface area contributed by atoms with Crippen LogP contribution in [-0.4, -0.2) is 52.3 Å². The lowest BCUT2D eigenvalue weighted by Crippen LogP contribution is -2.29. The Hall–Kier alpha value is -2.39. The number of aliphatic carboxylic acids is 1. The first-order chi connectivity index (χ1) is 15.4. The fourth-order valence-corrected chi connectivity index (χ4v) is 4.55. The Morgan fingerprint density at radius 1 is 1.12 bits per heavy atom. The van der Waals surface area contributed by atoms with Crippen molar-refractivity contribution in [3.8, 4) is 5.75 Å². The molecule has 2 rings (SSSR count). The summed E-state index contributed by atoms with van der Waals surface area (Å²) in [5, 5.41) is 11.4. The number of carboxylic acid groups (broad SMARTS) is 1. The summed E-state index contributed by atoms with van der Waals surface area (Å²) >= 11 is 6.68. The number of thioether (sulfide) groups is 1. The topological polar surface area (TPSA) is 95.9 Å². The Morgan fingerprint density at radius 2 is 1.84 bits per heavy atom. The summed E-state index contributed by atoms with van der Waals surface area (Å²) in [5.74, 6) is -0.163. The molecular weight excluding hydrogens is 448 g/mol. The van der Waals surface area contributed by atoms with Crippen molar-refractivity contribution in [2.75, 3.05) is 20.2 Å². The number of amides is 2. The minimum absolute atomic E-state index is 0.00795. The molecule has 0 unspecified atom stereocenters. The molecule has 1 aliphatic heterocycles. The number of carboxylic acids is 1. The van der Waals surface area contributed by atoms with Gasteiger partial charge in [-0.2, -0.15) is 0 Å². The number of methoxy groups -OCH3 is 1. The normalized spacial score (nSPS) is 14.8. The van der Waals surface area contributed by atoms with Crippen molar-refractivity contribution in [2.45, 2.75) is 51.4 Å². The Kier molecular flexibility index (Phi) is 11.2. The molecule has 7 nitrogen and oxygen atoms in total. The van der Waals surface area contributed by atoms with Gasteiger partial charge in [0.15, 0.2) is 0 Å². The highest BCUT2D eigenvalue weighted by Crippen LogP contribution is 2.34. The number of rotatable bonds is 14. The number of nitrogens with zero attached hydrogens (tertiary/aromatic N) is 1. The van der Waals surface area contributed by atoms with E-state index in [1.165, 1.54) is 11.8 Å². The van der Waals surface area contributed by atoms with Gasteiger partial charge in [0, 0.05) is 31.5 Å². The van der Waals surface area contributed by atoms with Gasteiger partial charge in [-0.05, 0) is 37.8 Å². The second kappa shape index (κ2) is 13.9. The van der Waals surface area contributed by atoms with E-state index >= 15 is 0 Å². The molecule has 2 N–H and O–H groups in total. The van der Waals surface area contributed by atoms with Crippen LogP contribution in [0.15, 0.2) is 29.2 Å². The van der Waals surface area contributed by atoms with Gasteiger partial charge in [0.25, 0.3) is 5.91 Å². The van der Waals surface area contributed by atoms with Gasteiger partial charge < -0.3 is 15.2 Å². The van der Waals surface area contributed by atoms with Gasteiger partial charge in [0.05, 0.1) is 12.0 Å². The first-order valence-corrected chi connectivity index (χ1v) is 12.0. The highest BCUT2D eigenvalue weighted by molar-refractivity contribution is 8.26. The molecule has 0 bridgehead atoms. The summed E-state index contributed by atoms with van der Waals surface area (Å²) in [7, 11) is 1.60. The van der Waals surface area contributed by atoms with E-state index in [1.807, 2.05) is 30.3 Å². The van der Waals surface area contributed by atoms with Crippen LogP contribution in [0.3, 0.4) is 0 Å². The van der Waals surface area contributed by atoms with Crippen molar-refractivity contribution in [1.29, 1.82) is 0 Å². The summed E-state index contributed by atoms with van der Waals surface area (Å²) in [5.41, 5.74) is 0.836. The van der Waals surface area contributed by atoms with Crippen molar-refractivity contribution in [3.63, 3.8) is 0 Å². The molecule has 1 fully saturated rings. The second-order valence-electron chi connectivity index (χ2n) is 7.44. The Bertz CT molecular complexity index is 857. The zero-order valence-electron chi connectivity index (χ0n) is 18.3. The Morgan fingerprint density at radius 3 is 2.59 bits per heavy atom. The van der Waals surface area contributed by atoms with Gasteiger partial charge in [-0.15, -0.1) is 0 Å². The van der Waals surface area contributed by atoms with Crippen LogP contribution in [0.2, 0.25) is 0 Å². The van der Waals surface area contributed by atoms with E-state index in [1.54, 1.807) is 12.0 Å². The third-order valence-electron chi connectivity index (χ3n) is 4.97. The van der Waals surface area contributed by atoms with E-state index in [2.05, 4.69) is 5.32 Å². The zero-order valence-corrected chi connectivity index (χ0v) is 19.9. The SMILES string of the molecule is COc1ccccc1/C=C1\SC(=S)N(CCCCCC(=O)NCCCCCC(=O)O)C1=O. The van der Waals surface area contributed by atoms with Crippen molar-refractivity contribution in [2.24, 2.45) is 0 Å². The maximum absolute atomic E-state index is 12.7. The number of thiocarbonyl (C=S) groups is 1. The molecule has 32 heavy (non-hydrogen) atoms. The summed E-state index contributed by atoms with van der Waals surface area (Å²) in [4.78, 5) is 37.2. The molecule has 1 heterocycles. The molecule has 1 aromatic rings. The van der Waals surface area contributed by atoms with Crippen LogP contribution in [0.1, 0.15) is 56.9 Å². The largest absolute Gasteiger partial charge is 0.496 e. The molecule has 1 saturated heterocycles. The number of carbonyl (C=O) groups excluding carboxylic acids is 2. The van der Waals surface area contributed by atoms with Gasteiger partial charge in [-0.3, -0.25) is 19.3 Å². The van der Waals surface area contributed by atoms with Gasteiger partial charge in [0.1, 0.15) is 10.1 Å². The summed E-state index contributed by atoms with van der Waals surface area (Å²) < 4.78 is 5.89. The highest BCUT2D eigenvalue weighted by atomic mass is 32.2. The lowest BCUT2D eigenvalue weighted by molar-refractivity contribution is -0.137. The fourth-order valence-electron chi connectivity index (χ4n) is 3.25. The highest BCUT2D eigenvalue weighted by Gasteiger charge is 2.31. The molecule has 0 aliphatic carbocycles. The summed E-state index contributed by atoms with van der Waals surface area (Å²) in [6.07, 6.45) is 6.99. The molecule has 1 aliphatic rings. The maximum Gasteiger partial charge on any atom is 0.303 e. The Balaban J connectivity index is 1.65. The van der Waals surface area contributed by atoms with Crippen LogP contribution in [-0.2, 0) is 14.4 Å². The second-order valence-corrected chi connectivity index (χ2v) is 9.12. The number of ether oxygens (including phenoxy) is 1. The van der Waals surface area contributed by atoms with Crippen LogP contribution in [0.25, 0.3) is 6.08 Å². The molecule has 1 aromatic carbocycles. The summed E-state index contributed by atoms with van der Waals surface area (Å²) in [6.45, 7) is 1.12. The standard InChI is InChI=1S/C23H30N2O5S2/c1-30-18-11-7-6-10-17(18)16-19-22(29)25(23(31)32-19)15-9-3-4-12-20(26)24-14-8-2-5-13-21(27)28/h6-7,10-11,16H,2-5,8-9,12-15H2,1H3,(H,24,26)(H,27,28)/b19-16-. The van der Waals surface area contributed by atoms with Crippen molar-refractivity contribution >= 4 is 52.2 Å². The van der Waals surface area contributed by atoms with E-state index in [4.69, 9.17) is 22.1 Å². The van der Waals surface area contributed by atoms with Crippen LogP contribution in [0.5, 0.6) is 5.75 Å². The average molecular weight is 479 g/mol. The summed E-state index contributed by atoms with van der Waals surface area (Å²) in [6, 6.07) is 7.52. The zero-order chi connectivity index (χ0) is 23.3. The molecule has 174 valence electrons. The van der Waals surface area contributed by atoms with E-state index in [-0.39, 0.29) is 18.2 Å². The van der Waals surface area contributed by atoms with Crippen molar-refractivity contribution in [1.82, 2.24) is 10.2 Å². The average Bonchev–Trinajstić information content (AvgIpc) is 3.03. The van der Waals surface area contributed by atoms with Crippen LogP contribution in [0.4, 0.5) is 0 Å². The lowest BCUT2D eigenvalue weighted by Gasteiger charge is -2.14. The number of hydrogen-bond donors (Lipinski definition) is 2. The molecule has 0 aromatic heterocycles. The van der Waals surface area contributed by atoms with Gasteiger partial charge >= 0.3 is 5.97 Å². The third kappa shape index (κ3) is 8.63. The number of carbonyl (C=O) groups is 3. The van der Waals surface area contributed by atoms with E-state index in [0.717, 1.165) is 37.7 Å². The molecule has 0 atom stereocenters. The van der Waals surface area contributed by atoms with Crippen LogP contribution in [0, 0.1) is 0 Å². The van der Waals surface area contributed by atoms with Crippen LogP contribution < -0.4 is 10.1 Å². The minimum atomic E-state index is -0.785. The number of para-hydroxylation sites is 1. The minimum Gasteiger partial charge on any atom is -0.496 e. The van der Waals surface area contributed by atoms with Gasteiger partial charge in [-0.25, -0.2) is 0 Å². The Labute approximate surface area is 198 Å². The van der Waals surface area contributed by atoms with Gasteiger partial charge in [-0.1, -0.05) is 55.0 Å². The quantitative estimate of drug-likeness (QED) is 0.235. The smallest absolute Gasteiger partial charge is 0.303 e. The van der Waals surface area contributed by atoms with Gasteiger partial charge in [0.2, 0.25) is 5.91 Å². The van der Waals surface area contributed by atoms with Crippen molar-refractivity contribution in [3.05, 3.63) is 34.7 Å². The molecular formula is C23H30N2O5S2. The first kappa shape index (κ1) is 25.9. The van der Waals surface area contributed by atoms with Crippen LogP contribution >= 0.6 is 24.0 Å². The van der Waals surface area contributed by atoms with E-state index in [9.17, 15) is 14.4 Å². The number of nitrogens with one attached hydrogen (secondary N) is 1. The maximum atomic E-state index is 12.7. The first-order valence-electron chi connectivity index (χ1n) is 10.8. The fraction of sp³-hybridized carbons (Fsp3) is 0.478. The van der Waals surface area contributed by atoms with Crippen molar-refractivity contribution < 1.29 is 24.2 Å². The number of unbranched alkanes of at least 4 members (excludes halogenated alkanes) is 4. The lowest BCUT2D eigenvalue weighted by atomic mass is 10.1. The molecule has 0 radical (unpaired) electrons. The monoisotopic (exact) mass is 478 g/mol. The van der Waals surface area contributed by atoms with E-state index < -0.39 is 5.97 Å². The molecule has 9 heteroatoms. The number of benzene rings is 1. The number of hydrogen-bond acceptors (Lipinski definition) is 6. The molecule has 0 saturated carbocycles. The predicted octanol–water partition coefficient (Wildman–Crippen LogP) is 4.22.